The predicted molar refractivity (Wildman–Crippen MR) is 75.3 cm³/mol. The van der Waals surface area contributed by atoms with Crippen molar-refractivity contribution >= 4 is 11.8 Å². The number of amides is 2. The maximum absolute atomic E-state index is 11.7. The van der Waals surface area contributed by atoms with Crippen LogP contribution in [0.5, 0.6) is 0 Å². The van der Waals surface area contributed by atoms with Gasteiger partial charge in [0.15, 0.2) is 11.6 Å². The van der Waals surface area contributed by atoms with Crippen LogP contribution in [0, 0.1) is 0 Å². The first-order chi connectivity index (χ1) is 9.72. The van der Waals surface area contributed by atoms with Crippen LogP contribution in [-0.2, 0) is 0 Å². The number of urea groups is 1. The van der Waals surface area contributed by atoms with E-state index < -0.39 is 6.03 Å². The number of aliphatic hydroxyl groups excluding tert-OH is 1. The normalized spacial score (nSPS) is 11.9. The number of aromatic nitrogens is 1. The van der Waals surface area contributed by atoms with Crippen LogP contribution in [0.15, 0.2) is 40.9 Å². The van der Waals surface area contributed by atoms with Gasteiger partial charge in [-0.3, -0.25) is 5.32 Å². The topological polar surface area (TPSA) is 87.4 Å². The predicted octanol–water partition coefficient (Wildman–Crippen LogP) is 2.23. The van der Waals surface area contributed by atoms with E-state index in [4.69, 9.17) is 9.63 Å². The van der Waals surface area contributed by atoms with E-state index in [1.54, 1.807) is 6.07 Å². The van der Waals surface area contributed by atoms with Crippen LogP contribution in [0.2, 0.25) is 0 Å². The lowest BCUT2D eigenvalue weighted by atomic mass is 10.2. The Kier molecular flexibility index (Phi) is 4.73. The van der Waals surface area contributed by atoms with Crippen molar-refractivity contribution in [3.8, 4) is 11.3 Å². The number of nitrogens with one attached hydrogen (secondary N) is 2. The Morgan fingerprint density at radius 2 is 2.15 bits per heavy atom. The van der Waals surface area contributed by atoms with Crippen LogP contribution in [-0.4, -0.2) is 28.9 Å². The molecule has 0 spiro atoms. The highest BCUT2D eigenvalue weighted by atomic mass is 16.5. The van der Waals surface area contributed by atoms with Gasteiger partial charge >= 0.3 is 6.03 Å². The van der Waals surface area contributed by atoms with Crippen LogP contribution in [0.1, 0.15) is 13.3 Å². The minimum Gasteiger partial charge on any atom is -0.394 e. The third kappa shape index (κ3) is 3.58. The monoisotopic (exact) mass is 275 g/mol. The Labute approximate surface area is 116 Å². The first-order valence-corrected chi connectivity index (χ1v) is 6.43. The van der Waals surface area contributed by atoms with Crippen molar-refractivity contribution in [3.63, 3.8) is 0 Å². The number of rotatable bonds is 5. The zero-order valence-corrected chi connectivity index (χ0v) is 11.2. The van der Waals surface area contributed by atoms with Crippen molar-refractivity contribution in [2.75, 3.05) is 11.9 Å². The summed E-state index contributed by atoms with van der Waals surface area (Å²) in [5, 5.41) is 18.0. The summed E-state index contributed by atoms with van der Waals surface area (Å²) in [6, 6.07) is 10.4. The molecule has 0 aliphatic carbocycles. The number of anilines is 1. The van der Waals surface area contributed by atoms with Gasteiger partial charge in [0.25, 0.3) is 0 Å². The molecule has 6 heteroatoms. The van der Waals surface area contributed by atoms with Gasteiger partial charge in [0.1, 0.15) is 0 Å². The highest BCUT2D eigenvalue weighted by Gasteiger charge is 2.12. The summed E-state index contributed by atoms with van der Waals surface area (Å²) in [5.74, 6) is 0.907. The Morgan fingerprint density at radius 3 is 2.80 bits per heavy atom. The number of hydrogen-bond donors (Lipinski definition) is 3. The van der Waals surface area contributed by atoms with Crippen LogP contribution >= 0.6 is 0 Å². The second-order valence-electron chi connectivity index (χ2n) is 4.33. The fourth-order valence-corrected chi connectivity index (χ4v) is 1.69. The third-order valence-corrected chi connectivity index (χ3v) is 2.86. The Balaban J connectivity index is 1.98. The fourth-order valence-electron chi connectivity index (χ4n) is 1.69. The van der Waals surface area contributed by atoms with Crippen LogP contribution in [0.3, 0.4) is 0 Å². The molecular formula is C14H17N3O3. The van der Waals surface area contributed by atoms with Gasteiger partial charge in [-0.15, -0.1) is 0 Å². The van der Waals surface area contributed by atoms with Crippen molar-refractivity contribution in [2.24, 2.45) is 0 Å². The average molecular weight is 275 g/mol. The quantitative estimate of drug-likeness (QED) is 0.781. The molecule has 1 unspecified atom stereocenters. The van der Waals surface area contributed by atoms with Crippen LogP contribution in [0.25, 0.3) is 11.3 Å². The molecule has 0 aliphatic rings. The molecule has 2 amide bonds. The first kappa shape index (κ1) is 14.1. The van der Waals surface area contributed by atoms with E-state index >= 15 is 0 Å². The van der Waals surface area contributed by atoms with Crippen molar-refractivity contribution in [2.45, 2.75) is 19.4 Å². The smallest absolute Gasteiger partial charge is 0.320 e. The average Bonchev–Trinajstić information content (AvgIpc) is 2.94. The second kappa shape index (κ2) is 6.72. The summed E-state index contributed by atoms with van der Waals surface area (Å²) < 4.78 is 5.17. The standard InChI is InChI=1S/C14H17N3O3/c1-2-11(9-18)15-14(19)16-13-8-12(20-17-13)10-6-4-3-5-7-10/h3-8,11,18H,2,9H2,1H3,(H2,15,16,17,19). The number of benzene rings is 1. The molecular weight excluding hydrogens is 258 g/mol. The summed E-state index contributed by atoms with van der Waals surface area (Å²) in [5.41, 5.74) is 0.884. The molecule has 0 radical (unpaired) electrons. The summed E-state index contributed by atoms with van der Waals surface area (Å²) >= 11 is 0. The SMILES string of the molecule is CCC(CO)NC(=O)Nc1cc(-c2ccccc2)on1. The summed E-state index contributed by atoms with van der Waals surface area (Å²) in [4.78, 5) is 11.7. The molecule has 0 bridgehead atoms. The van der Waals surface area contributed by atoms with Gasteiger partial charge in [-0.2, -0.15) is 0 Å². The lowest BCUT2D eigenvalue weighted by molar-refractivity contribution is 0.222. The van der Waals surface area contributed by atoms with Gasteiger partial charge in [-0.25, -0.2) is 4.79 Å². The first-order valence-electron chi connectivity index (χ1n) is 6.43. The molecule has 6 nitrogen and oxygen atoms in total. The number of hydrogen-bond acceptors (Lipinski definition) is 4. The van der Waals surface area contributed by atoms with Gasteiger partial charge in [0, 0.05) is 11.6 Å². The van der Waals surface area contributed by atoms with Crippen molar-refractivity contribution in [3.05, 3.63) is 36.4 Å². The summed E-state index contributed by atoms with van der Waals surface area (Å²) in [6.45, 7) is 1.78. The molecule has 0 saturated carbocycles. The van der Waals surface area contributed by atoms with E-state index in [0.29, 0.717) is 18.0 Å². The highest BCUT2D eigenvalue weighted by molar-refractivity contribution is 5.88. The van der Waals surface area contributed by atoms with E-state index in [1.807, 2.05) is 37.3 Å². The molecule has 1 aromatic carbocycles. The fraction of sp³-hybridized carbons (Fsp3) is 0.286. The molecule has 0 fully saturated rings. The molecule has 106 valence electrons. The van der Waals surface area contributed by atoms with Crippen LogP contribution in [0.4, 0.5) is 10.6 Å². The maximum atomic E-state index is 11.7. The van der Waals surface area contributed by atoms with E-state index in [2.05, 4.69) is 15.8 Å². The minimum absolute atomic E-state index is 0.0992. The van der Waals surface area contributed by atoms with Gasteiger partial charge in [-0.05, 0) is 6.42 Å². The molecule has 0 aliphatic heterocycles. The number of aliphatic hydroxyl groups is 1. The van der Waals surface area contributed by atoms with Crippen molar-refractivity contribution < 1.29 is 14.4 Å². The summed E-state index contributed by atoms with van der Waals surface area (Å²) in [6.07, 6.45) is 0.651. The van der Waals surface area contributed by atoms with E-state index in [1.165, 1.54) is 0 Å². The van der Waals surface area contributed by atoms with Gasteiger partial charge in [-0.1, -0.05) is 42.4 Å². The lowest BCUT2D eigenvalue weighted by Crippen LogP contribution is -2.39. The molecule has 2 aromatic rings. The van der Waals surface area contributed by atoms with Gasteiger partial charge in [0.05, 0.1) is 12.6 Å². The third-order valence-electron chi connectivity index (χ3n) is 2.86. The van der Waals surface area contributed by atoms with Gasteiger partial charge < -0.3 is 14.9 Å². The molecule has 2 rings (SSSR count). The molecule has 0 saturated heterocycles. The largest absolute Gasteiger partial charge is 0.394 e. The molecule has 1 atom stereocenters. The Hall–Kier alpha value is -2.34. The van der Waals surface area contributed by atoms with Crippen LogP contribution < -0.4 is 10.6 Å². The van der Waals surface area contributed by atoms with E-state index in [9.17, 15) is 4.79 Å². The molecule has 3 N–H and O–H groups in total. The van der Waals surface area contributed by atoms with E-state index in [-0.39, 0.29) is 12.6 Å². The Bertz CT molecular complexity index is 550. The Morgan fingerprint density at radius 1 is 1.40 bits per heavy atom. The summed E-state index contributed by atoms with van der Waals surface area (Å²) in [7, 11) is 0. The maximum Gasteiger partial charge on any atom is 0.320 e. The minimum atomic E-state index is -0.418. The van der Waals surface area contributed by atoms with E-state index in [0.717, 1.165) is 5.56 Å². The molecule has 1 heterocycles. The second-order valence-corrected chi connectivity index (χ2v) is 4.33. The number of carbonyl (C=O) groups is 1. The number of carbonyl (C=O) groups excluding carboxylic acids is 1. The lowest BCUT2D eigenvalue weighted by Gasteiger charge is -2.13. The number of nitrogens with zero attached hydrogens (tertiary/aromatic N) is 1. The zero-order chi connectivity index (χ0) is 14.4. The van der Waals surface area contributed by atoms with Gasteiger partial charge in [0.2, 0.25) is 0 Å². The zero-order valence-electron chi connectivity index (χ0n) is 11.2. The highest BCUT2D eigenvalue weighted by Crippen LogP contribution is 2.21. The van der Waals surface area contributed by atoms with Crippen molar-refractivity contribution in [1.29, 1.82) is 0 Å². The molecule has 1 aromatic heterocycles. The molecule has 20 heavy (non-hydrogen) atoms. The van der Waals surface area contributed by atoms with Crippen molar-refractivity contribution in [1.82, 2.24) is 10.5 Å².